The minimum atomic E-state index is 0.909. The molecule has 174 valence electrons. The number of aryl methyl sites for hydroxylation is 1. The Morgan fingerprint density at radius 3 is 2.19 bits per heavy atom. The fourth-order valence-electron chi connectivity index (χ4n) is 3.96. The van der Waals surface area contributed by atoms with Crippen LogP contribution in [0.3, 0.4) is 0 Å². The van der Waals surface area contributed by atoms with Crippen molar-refractivity contribution in [3.63, 3.8) is 0 Å². The molecule has 0 aliphatic heterocycles. The largest absolute Gasteiger partial charge is 0.162 e. The van der Waals surface area contributed by atoms with E-state index >= 15 is 0 Å². The van der Waals surface area contributed by atoms with Crippen LogP contribution in [-0.2, 0) is 6.42 Å². The third kappa shape index (κ3) is 11.8. The smallest absolute Gasteiger partial charge is 0.00450 e. The normalized spacial score (nSPS) is 21.4. The van der Waals surface area contributed by atoms with Gasteiger partial charge in [0.15, 0.2) is 0 Å². The van der Waals surface area contributed by atoms with Crippen molar-refractivity contribution in [2.24, 2.45) is 11.8 Å². The molecular formula is C30H48S. The van der Waals surface area contributed by atoms with Gasteiger partial charge in [0.1, 0.15) is 0 Å². The monoisotopic (exact) mass is 440 g/mol. The van der Waals surface area contributed by atoms with Gasteiger partial charge in [0, 0.05) is 5.25 Å². The van der Waals surface area contributed by atoms with Crippen molar-refractivity contribution in [1.29, 1.82) is 0 Å². The van der Waals surface area contributed by atoms with Crippen LogP contribution in [0.25, 0.3) is 5.57 Å². The van der Waals surface area contributed by atoms with Crippen LogP contribution in [0.2, 0.25) is 0 Å². The second-order valence-corrected chi connectivity index (χ2v) is 10.1. The molecule has 0 nitrogen and oxygen atoms in total. The van der Waals surface area contributed by atoms with E-state index in [0.29, 0.717) is 0 Å². The fourth-order valence-corrected chi connectivity index (χ4v) is 4.57. The molecule has 0 heterocycles. The highest BCUT2D eigenvalue weighted by molar-refractivity contribution is 7.99. The van der Waals surface area contributed by atoms with E-state index in [1.807, 2.05) is 25.6 Å². The Hall–Kier alpha value is -1.21. The first-order chi connectivity index (χ1) is 15.0. The van der Waals surface area contributed by atoms with E-state index in [4.69, 9.17) is 0 Å². The van der Waals surface area contributed by atoms with Gasteiger partial charge in [0.25, 0.3) is 0 Å². The van der Waals surface area contributed by atoms with Gasteiger partial charge in [-0.3, -0.25) is 0 Å². The van der Waals surface area contributed by atoms with Gasteiger partial charge in [0.2, 0.25) is 0 Å². The molecular weight excluding hydrogens is 392 g/mol. The Morgan fingerprint density at radius 2 is 1.65 bits per heavy atom. The summed E-state index contributed by atoms with van der Waals surface area (Å²) in [5.41, 5.74) is 5.05. The predicted octanol–water partition coefficient (Wildman–Crippen LogP) is 9.91. The van der Waals surface area contributed by atoms with Crippen LogP contribution in [0.1, 0.15) is 97.1 Å². The lowest BCUT2D eigenvalue weighted by atomic mass is 9.85. The lowest BCUT2D eigenvalue weighted by Gasteiger charge is -2.21. The highest BCUT2D eigenvalue weighted by Crippen LogP contribution is 2.32. The molecule has 2 aliphatic carbocycles. The third-order valence-electron chi connectivity index (χ3n) is 6.53. The summed E-state index contributed by atoms with van der Waals surface area (Å²) < 4.78 is 0. The zero-order valence-corrected chi connectivity index (χ0v) is 22.1. The molecule has 2 saturated carbocycles. The van der Waals surface area contributed by atoms with Crippen molar-refractivity contribution >= 4 is 17.3 Å². The Balaban J connectivity index is 0.000000589. The Labute approximate surface area is 198 Å². The topological polar surface area (TPSA) is 0 Å². The third-order valence-corrected chi connectivity index (χ3v) is 7.67. The van der Waals surface area contributed by atoms with Crippen LogP contribution in [0, 0.1) is 11.8 Å². The lowest BCUT2D eigenvalue weighted by molar-refractivity contribution is 0.318. The van der Waals surface area contributed by atoms with Crippen LogP contribution in [0.4, 0.5) is 0 Å². The zero-order chi connectivity index (χ0) is 23.1. The molecule has 0 aromatic heterocycles. The van der Waals surface area contributed by atoms with Crippen molar-refractivity contribution < 1.29 is 0 Å². The minimum Gasteiger partial charge on any atom is -0.162 e. The van der Waals surface area contributed by atoms with Crippen molar-refractivity contribution in [3.8, 4) is 0 Å². The summed E-state index contributed by atoms with van der Waals surface area (Å²) in [5.74, 6) is 1.83. The van der Waals surface area contributed by atoms with Crippen LogP contribution in [0.15, 0.2) is 54.6 Å². The fraction of sp³-hybridized carbons (Fsp3) is 0.600. The first-order valence-corrected chi connectivity index (χ1v) is 13.9. The number of benzene rings is 1. The van der Waals surface area contributed by atoms with E-state index in [-0.39, 0.29) is 0 Å². The Morgan fingerprint density at radius 1 is 1.00 bits per heavy atom. The van der Waals surface area contributed by atoms with Gasteiger partial charge in [0.05, 0.1) is 0 Å². The SMILES string of the molecule is C=C(/C=C\C(C)=C/C)c1ccc(CCC2CCCCCC2C)cc1.CC.CSC1CC1. The van der Waals surface area contributed by atoms with Crippen molar-refractivity contribution in [1.82, 2.24) is 0 Å². The molecule has 2 aliphatic rings. The molecule has 0 amide bonds. The maximum absolute atomic E-state index is 4.19. The van der Waals surface area contributed by atoms with E-state index < -0.39 is 0 Å². The summed E-state index contributed by atoms with van der Waals surface area (Å²) in [4.78, 5) is 0. The zero-order valence-electron chi connectivity index (χ0n) is 21.3. The molecule has 31 heavy (non-hydrogen) atoms. The van der Waals surface area contributed by atoms with E-state index in [2.05, 4.69) is 76.1 Å². The summed E-state index contributed by atoms with van der Waals surface area (Å²) in [6.07, 6.45) is 21.2. The van der Waals surface area contributed by atoms with Gasteiger partial charge in [-0.1, -0.05) is 108 Å². The van der Waals surface area contributed by atoms with Gasteiger partial charge < -0.3 is 0 Å². The number of hydrogen-bond donors (Lipinski definition) is 0. The summed E-state index contributed by atoms with van der Waals surface area (Å²) in [7, 11) is 0. The molecule has 1 heteroatoms. The molecule has 1 aromatic rings. The van der Waals surface area contributed by atoms with E-state index in [1.54, 1.807) is 0 Å². The van der Waals surface area contributed by atoms with Crippen molar-refractivity contribution in [3.05, 3.63) is 65.8 Å². The van der Waals surface area contributed by atoms with Gasteiger partial charge >= 0.3 is 0 Å². The minimum absolute atomic E-state index is 0.909. The van der Waals surface area contributed by atoms with E-state index in [0.717, 1.165) is 22.7 Å². The highest BCUT2D eigenvalue weighted by atomic mass is 32.2. The number of allylic oxidation sites excluding steroid dienone is 5. The molecule has 0 spiro atoms. The van der Waals surface area contributed by atoms with Crippen LogP contribution in [-0.4, -0.2) is 11.5 Å². The molecule has 0 N–H and O–H groups in total. The van der Waals surface area contributed by atoms with Gasteiger partial charge in [-0.05, 0) is 74.3 Å². The standard InChI is InChI=1S/C24H34.C4H8S.C2H6/c1-5-19(2)11-12-21(4)24-17-14-22(15-18-24)13-16-23-10-8-6-7-9-20(23)3;1-5-4-2-3-4;1-2/h5,11-12,14-15,17-18,20,23H,4,6-10,13,16H2,1-3H3;4H,2-3H2,1H3;1-2H3/b12-11-,19-5-;;. The second kappa shape index (κ2) is 16.4. The van der Waals surface area contributed by atoms with Crippen LogP contribution in [0.5, 0.6) is 0 Å². The number of rotatable bonds is 7. The Kier molecular flexibility index (Phi) is 14.7. The molecule has 3 rings (SSSR count). The van der Waals surface area contributed by atoms with Crippen LogP contribution >= 0.6 is 11.8 Å². The second-order valence-electron chi connectivity index (χ2n) is 8.94. The predicted molar refractivity (Wildman–Crippen MR) is 146 cm³/mol. The van der Waals surface area contributed by atoms with Crippen molar-refractivity contribution in [2.75, 3.05) is 6.26 Å². The Bertz CT molecular complexity index is 660. The van der Waals surface area contributed by atoms with E-state index in [9.17, 15) is 0 Å². The summed E-state index contributed by atoms with van der Waals surface area (Å²) >= 11 is 1.99. The van der Waals surface area contributed by atoms with Gasteiger partial charge in [-0.2, -0.15) is 11.8 Å². The first kappa shape index (κ1) is 27.8. The van der Waals surface area contributed by atoms with Gasteiger partial charge in [-0.25, -0.2) is 0 Å². The molecule has 2 atom stereocenters. The average Bonchev–Trinajstić information content (AvgIpc) is 3.66. The summed E-state index contributed by atoms with van der Waals surface area (Å²) in [6, 6.07) is 9.03. The van der Waals surface area contributed by atoms with Crippen LogP contribution < -0.4 is 0 Å². The van der Waals surface area contributed by atoms with Crippen molar-refractivity contribution in [2.45, 2.75) is 97.7 Å². The first-order valence-electron chi connectivity index (χ1n) is 12.7. The molecule has 2 fully saturated rings. The molecule has 1 aromatic carbocycles. The highest BCUT2D eigenvalue weighted by Gasteiger charge is 2.19. The maximum Gasteiger partial charge on any atom is 0.00450 e. The van der Waals surface area contributed by atoms with Gasteiger partial charge in [-0.15, -0.1) is 0 Å². The molecule has 0 bridgehead atoms. The quantitative estimate of drug-likeness (QED) is 0.300. The van der Waals surface area contributed by atoms with E-state index in [1.165, 1.54) is 74.5 Å². The maximum atomic E-state index is 4.19. The lowest BCUT2D eigenvalue weighted by Crippen LogP contribution is -2.11. The number of hydrogen-bond acceptors (Lipinski definition) is 1. The molecule has 0 saturated heterocycles. The summed E-state index contributed by atoms with van der Waals surface area (Å²) in [6.45, 7) is 14.8. The molecule has 2 unspecified atom stereocenters. The summed E-state index contributed by atoms with van der Waals surface area (Å²) in [5, 5.41) is 1.05. The molecule has 0 radical (unpaired) electrons. The average molecular weight is 441 g/mol. The number of thioether (sulfide) groups is 1.